The van der Waals surface area contributed by atoms with Crippen molar-refractivity contribution in [1.82, 2.24) is 9.13 Å². The number of rotatable bonds is 14. The fourth-order valence-electron chi connectivity index (χ4n) is 17.4. The fraction of sp³-hybridized carbons (Fsp3) is 0.250. The average molecular weight is 1420 g/mol. The largest absolute Gasteiger partial charge is 0.321 e. The van der Waals surface area contributed by atoms with Crippen molar-refractivity contribution in [3.8, 4) is 16.8 Å². The zero-order valence-corrected chi connectivity index (χ0v) is 67.2. The van der Waals surface area contributed by atoms with Crippen LogP contribution in [0.4, 0.5) is 17.1 Å². The Morgan fingerprint density at radius 2 is 1.02 bits per heavy atom. The third-order valence-electron chi connectivity index (χ3n) is 23.6. The predicted octanol–water partition coefficient (Wildman–Crippen LogP) is 26.7. The molecule has 4 aliphatic rings. The maximum atomic E-state index is 5.57. The van der Waals surface area contributed by atoms with E-state index in [2.05, 4.69) is 392 Å². The molecule has 9 aromatic carbocycles. The molecule has 15 rings (SSSR count). The zero-order chi connectivity index (χ0) is 77.0. The minimum absolute atomic E-state index is 0.00165. The van der Waals surface area contributed by atoms with E-state index >= 15 is 0 Å². The molecule has 2 aliphatic carbocycles. The quantitative estimate of drug-likeness (QED) is 0.0797. The lowest BCUT2D eigenvalue weighted by Crippen LogP contribution is -2.55. The Balaban J connectivity index is 1.06. The average Bonchev–Trinajstić information content (AvgIpc) is 1.69. The smallest absolute Gasteiger partial charge is 0.245 e. The molecule has 2 aromatic heterocycles. The highest BCUT2D eigenvalue weighted by atomic mass is 15.3. The second kappa shape index (κ2) is 28.0. The molecule has 109 heavy (non-hydrogen) atoms. The minimum Gasteiger partial charge on any atom is -0.321 e. The van der Waals surface area contributed by atoms with Crippen LogP contribution in [0.15, 0.2) is 321 Å². The van der Waals surface area contributed by atoms with Crippen molar-refractivity contribution < 1.29 is 0 Å². The van der Waals surface area contributed by atoms with Crippen LogP contribution in [0.5, 0.6) is 0 Å². The Hall–Kier alpha value is -10.9. The summed E-state index contributed by atoms with van der Waals surface area (Å²) in [7, 11) is 0. The standard InChI is InChI=1S/C104H107BN4/c1-21-23-25-26-33-44-82(70-37-29-27-30-38-70)69(5)106-95-65-79(104(18,19)20)66-96-98(95)105(68(4)81(67(3)36-24-22-2)51-57-97(106)108-92-55-49-77(102(12,13)14)63-87(92)88-64-78(103(15,16)17)50-56-93(88)108)89-52-46-73(60-94(89)109(96)99-83-45-35-42-74(83)59-84(99)71-39-31-28-32-40-71)72-41-34-43-80(58-72)107-90-53-47-75(100(6,7)8)61-85(90)86-62-76(101(9,10)11)48-54-91(86)107/h21-50,52-56,58-67,81,97H,1-2,4-5,51,57H2,3,6-20H3/b25-23-,33-26?,36-24-,82-44?. The van der Waals surface area contributed by atoms with Crippen LogP contribution in [0.2, 0.25) is 0 Å². The molecule has 0 bridgehead atoms. The van der Waals surface area contributed by atoms with E-state index in [-0.39, 0.29) is 51.8 Å². The molecule has 4 heterocycles. The first-order chi connectivity index (χ1) is 51.9. The summed E-state index contributed by atoms with van der Waals surface area (Å²) in [6, 6.07) is 72.9. The van der Waals surface area contributed by atoms with Crippen molar-refractivity contribution in [3.63, 3.8) is 0 Å². The van der Waals surface area contributed by atoms with Crippen molar-refractivity contribution in [2.45, 2.75) is 157 Å². The van der Waals surface area contributed by atoms with Crippen LogP contribution in [0.3, 0.4) is 0 Å². The van der Waals surface area contributed by atoms with Gasteiger partial charge in [0.25, 0.3) is 0 Å². The first kappa shape index (κ1) is 73.6. The fourth-order valence-corrected chi connectivity index (χ4v) is 17.4. The Bertz CT molecular complexity index is 5660. The molecule has 5 heteroatoms. The Labute approximate surface area is 650 Å². The lowest BCUT2D eigenvalue weighted by Gasteiger charge is -2.45. The summed E-state index contributed by atoms with van der Waals surface area (Å²) in [4.78, 5) is 5.42. The molecule has 2 aliphatic heterocycles. The van der Waals surface area contributed by atoms with E-state index in [1.165, 1.54) is 105 Å². The lowest BCUT2D eigenvalue weighted by atomic mass is 9.32. The summed E-state index contributed by atoms with van der Waals surface area (Å²) in [5.41, 5.74) is 29.9. The van der Waals surface area contributed by atoms with Crippen molar-refractivity contribution in [2.24, 2.45) is 11.8 Å². The van der Waals surface area contributed by atoms with Gasteiger partial charge in [-0.1, -0.05) is 318 Å². The van der Waals surface area contributed by atoms with E-state index < -0.39 is 0 Å². The van der Waals surface area contributed by atoms with Crippen molar-refractivity contribution in [3.05, 3.63) is 360 Å². The molecule has 0 radical (unpaired) electrons. The summed E-state index contributed by atoms with van der Waals surface area (Å²) < 4.78 is 5.22. The second-order valence-electron chi connectivity index (χ2n) is 36.1. The number of allylic oxidation sites excluding steroid dienone is 18. The molecular formula is C104H107BN4. The Kier molecular flexibility index (Phi) is 18.9. The molecule has 0 saturated heterocycles. The summed E-state index contributed by atoms with van der Waals surface area (Å²) in [6.07, 6.45) is 29.4. The zero-order valence-electron chi connectivity index (χ0n) is 67.2. The minimum atomic E-state index is -0.350. The third-order valence-corrected chi connectivity index (χ3v) is 23.6. The van der Waals surface area contributed by atoms with Gasteiger partial charge >= 0.3 is 0 Å². The van der Waals surface area contributed by atoms with E-state index in [1.807, 2.05) is 18.2 Å². The number of fused-ring (bicyclic) bond motifs is 9. The van der Waals surface area contributed by atoms with Crippen molar-refractivity contribution >= 4 is 89.5 Å². The topological polar surface area (TPSA) is 16.3 Å². The van der Waals surface area contributed by atoms with Gasteiger partial charge in [0, 0.05) is 66.7 Å². The summed E-state index contributed by atoms with van der Waals surface area (Å²) in [5, 5.41) is 5.06. The van der Waals surface area contributed by atoms with Gasteiger partial charge in [0.15, 0.2) is 0 Å². The molecule has 4 nitrogen and oxygen atoms in total. The first-order valence-corrected chi connectivity index (χ1v) is 39.4. The van der Waals surface area contributed by atoms with Gasteiger partial charge in [-0.15, -0.1) is 6.58 Å². The number of hydrogen-bond donors (Lipinski definition) is 0. The maximum Gasteiger partial charge on any atom is 0.245 e. The number of nitrogens with zero attached hydrogens (tertiary/aromatic N) is 4. The second-order valence-corrected chi connectivity index (χ2v) is 36.1. The Morgan fingerprint density at radius 1 is 0.495 bits per heavy atom. The van der Waals surface area contributed by atoms with E-state index in [0.717, 1.165) is 74.8 Å². The highest BCUT2D eigenvalue weighted by molar-refractivity contribution is 6.94. The third kappa shape index (κ3) is 13.4. The number of aromatic nitrogens is 2. The molecule has 0 amide bonds. The van der Waals surface area contributed by atoms with Crippen molar-refractivity contribution in [2.75, 3.05) is 9.80 Å². The van der Waals surface area contributed by atoms with Gasteiger partial charge in [0.1, 0.15) is 6.17 Å². The van der Waals surface area contributed by atoms with E-state index in [0.29, 0.717) is 0 Å². The van der Waals surface area contributed by atoms with E-state index in [1.54, 1.807) is 0 Å². The number of anilines is 3. The molecule has 0 N–H and O–H groups in total. The van der Waals surface area contributed by atoms with Crippen LogP contribution < -0.4 is 20.7 Å². The number of hydrogen-bond acceptors (Lipinski definition) is 2. The van der Waals surface area contributed by atoms with Gasteiger partial charge in [-0.2, -0.15) is 0 Å². The summed E-state index contributed by atoms with van der Waals surface area (Å²) in [5.74, 6) is 0.0726. The Morgan fingerprint density at radius 3 is 1.59 bits per heavy atom. The van der Waals surface area contributed by atoms with Gasteiger partial charge in [0.05, 0.1) is 27.8 Å². The van der Waals surface area contributed by atoms with Crippen LogP contribution in [0.1, 0.15) is 169 Å². The summed E-state index contributed by atoms with van der Waals surface area (Å²) >= 11 is 0. The normalized spacial score (nSPS) is 16.9. The van der Waals surface area contributed by atoms with Crippen molar-refractivity contribution in [1.29, 1.82) is 0 Å². The molecule has 0 saturated carbocycles. The van der Waals surface area contributed by atoms with Gasteiger partial charge in [-0.3, -0.25) is 0 Å². The first-order valence-electron chi connectivity index (χ1n) is 39.4. The predicted molar refractivity (Wildman–Crippen MR) is 475 cm³/mol. The van der Waals surface area contributed by atoms with Gasteiger partial charge in [-0.05, 0) is 203 Å². The molecule has 0 fully saturated rings. The van der Waals surface area contributed by atoms with E-state index in [4.69, 9.17) is 13.2 Å². The van der Waals surface area contributed by atoms with Crippen LogP contribution in [0, 0.1) is 11.8 Å². The molecule has 3 atom stereocenters. The maximum absolute atomic E-state index is 5.57. The number of benzene rings is 9. The van der Waals surface area contributed by atoms with E-state index in [9.17, 15) is 0 Å². The van der Waals surface area contributed by atoms with Crippen LogP contribution in [-0.2, 0) is 27.1 Å². The highest BCUT2D eigenvalue weighted by Crippen LogP contribution is 2.53. The van der Waals surface area contributed by atoms with Gasteiger partial charge in [-0.25, -0.2) is 0 Å². The molecule has 11 aromatic rings. The van der Waals surface area contributed by atoms with Gasteiger partial charge < -0.3 is 18.9 Å². The summed E-state index contributed by atoms with van der Waals surface area (Å²) in [6.45, 7) is 56.6. The monoisotopic (exact) mass is 1420 g/mol. The van der Waals surface area contributed by atoms with Crippen LogP contribution in [-0.4, -0.2) is 15.8 Å². The SMILES string of the molecule is C=C/C=C\C=CC=C(C(=C)N1c2cc(C(C)(C)C)cc3c2B(C(=C)C(C(C)/C=C\C=C)CCC1n1c2ccc(C(C)(C)C)cc2c2cc(C(C)(C)C)ccc21)c1ccc(-c2cccc(-n4c5ccc(C(C)(C)C)cc5c5cc(C(C)(C)C)ccc54)c2)cc1N3C1=C2C=CC=C2C=C1c1ccccc1)c1ccccc1. The molecule has 546 valence electrons. The molecular weight excluding hydrogens is 1320 g/mol. The molecule has 0 spiro atoms. The van der Waals surface area contributed by atoms with Crippen LogP contribution >= 0.6 is 0 Å². The lowest BCUT2D eigenvalue weighted by molar-refractivity contribution is 0.390. The molecule has 3 unspecified atom stereocenters. The van der Waals surface area contributed by atoms with Crippen LogP contribution in [0.25, 0.3) is 71.6 Å². The van der Waals surface area contributed by atoms with Gasteiger partial charge in [0.2, 0.25) is 6.71 Å². The highest BCUT2D eigenvalue weighted by Gasteiger charge is 2.47.